The molecule has 0 heterocycles. The van der Waals surface area contributed by atoms with Gasteiger partial charge in [-0.2, -0.15) is 0 Å². The van der Waals surface area contributed by atoms with Crippen LogP contribution in [-0.4, -0.2) is 38.1 Å². The quantitative estimate of drug-likeness (QED) is 0.232. The number of unbranched alkanes of at least 4 members (excludes halogenated alkanes) is 1. The average molecular weight is 513 g/mol. The van der Waals surface area contributed by atoms with Crippen molar-refractivity contribution in [2.45, 2.75) is 110 Å². The van der Waals surface area contributed by atoms with E-state index in [2.05, 4.69) is 47.4 Å². The Labute approximate surface area is 228 Å². The first-order valence-electron chi connectivity index (χ1n) is 15.5. The van der Waals surface area contributed by atoms with Gasteiger partial charge in [-0.25, -0.2) is 0 Å². The van der Waals surface area contributed by atoms with Crippen LogP contribution in [0, 0.1) is 46.3 Å². The Morgan fingerprint density at radius 2 is 1.57 bits per heavy atom. The highest BCUT2D eigenvalue weighted by atomic mass is 16.5. The molecule has 0 unspecified atom stereocenters. The van der Waals surface area contributed by atoms with Crippen LogP contribution in [0.2, 0.25) is 0 Å². The third-order valence-corrected chi connectivity index (χ3v) is 11.7. The van der Waals surface area contributed by atoms with Crippen molar-refractivity contribution in [2.75, 3.05) is 19.8 Å². The minimum Gasteiger partial charge on any atom is -0.374 e. The number of ether oxygens (including phenoxy) is 3. The van der Waals surface area contributed by atoms with Crippen molar-refractivity contribution in [3.63, 3.8) is 0 Å². The van der Waals surface area contributed by atoms with E-state index in [1.165, 1.54) is 57.8 Å². The topological polar surface area (TPSA) is 27.7 Å². The molecule has 0 bridgehead atoms. The maximum Gasteiger partial charge on any atom is 0.0648 e. The van der Waals surface area contributed by atoms with Crippen molar-refractivity contribution in [1.29, 1.82) is 0 Å². The van der Waals surface area contributed by atoms with Crippen molar-refractivity contribution >= 4 is 0 Å². The second kappa shape index (κ2) is 12.5. The first-order valence-corrected chi connectivity index (χ1v) is 15.5. The Hall–Kier alpha value is -0.900. The summed E-state index contributed by atoms with van der Waals surface area (Å²) in [5, 5.41) is 0. The molecular weight excluding hydrogens is 456 g/mol. The molecule has 0 saturated heterocycles. The van der Waals surface area contributed by atoms with Crippen LogP contribution in [0.25, 0.3) is 0 Å². The van der Waals surface area contributed by atoms with Gasteiger partial charge in [-0.15, -0.1) is 19.7 Å². The minimum absolute atomic E-state index is 0.209. The van der Waals surface area contributed by atoms with E-state index in [4.69, 9.17) is 14.2 Å². The van der Waals surface area contributed by atoms with Crippen LogP contribution in [0.4, 0.5) is 0 Å². The second-order valence-electron chi connectivity index (χ2n) is 13.4. The number of rotatable bonds is 13. The first-order chi connectivity index (χ1) is 17.8. The Bertz CT molecular complexity index is 777. The molecule has 4 fully saturated rings. The van der Waals surface area contributed by atoms with Gasteiger partial charge in [-0.1, -0.05) is 65.2 Å². The predicted octanol–water partition coefficient (Wildman–Crippen LogP) is 8.41. The first kappa shape index (κ1) is 29.1. The van der Waals surface area contributed by atoms with Crippen molar-refractivity contribution in [3.05, 3.63) is 38.0 Å². The van der Waals surface area contributed by atoms with Gasteiger partial charge in [0.1, 0.15) is 0 Å². The number of hydrogen-bond acceptors (Lipinski definition) is 3. The van der Waals surface area contributed by atoms with Crippen LogP contribution in [0.3, 0.4) is 0 Å². The Morgan fingerprint density at radius 3 is 2.27 bits per heavy atom. The summed E-state index contributed by atoms with van der Waals surface area (Å²) in [5.74, 6) is 4.03. The van der Waals surface area contributed by atoms with Gasteiger partial charge in [-0.3, -0.25) is 0 Å². The Morgan fingerprint density at radius 1 is 0.865 bits per heavy atom. The molecule has 0 spiro atoms. The number of fused-ring (bicyclic) bond motifs is 5. The summed E-state index contributed by atoms with van der Waals surface area (Å²) < 4.78 is 19.7. The van der Waals surface area contributed by atoms with Crippen LogP contribution in [-0.2, 0) is 14.2 Å². The Kier molecular flexibility index (Phi) is 9.84. The monoisotopic (exact) mass is 512 g/mol. The highest BCUT2D eigenvalue weighted by molar-refractivity contribution is 5.15. The molecule has 210 valence electrons. The molecule has 3 heteroatoms. The van der Waals surface area contributed by atoms with Gasteiger partial charge in [0, 0.05) is 5.41 Å². The van der Waals surface area contributed by atoms with E-state index in [1.807, 2.05) is 18.2 Å². The van der Waals surface area contributed by atoms with E-state index in [0.29, 0.717) is 67.2 Å². The molecule has 4 aliphatic carbocycles. The molecule has 4 aliphatic rings. The SMILES string of the molecule is C=CCO[C@@H]1CC[C@@]2(C)[C@@H](C1)C[C@@H](OCC=C)[C@@H]1[C@@H]2C[C@H](OCC=C)[C@]2(C)[C@@H]([C@@H](C)CCCC)CC[C@@H]12. The van der Waals surface area contributed by atoms with Crippen molar-refractivity contribution < 1.29 is 14.2 Å². The molecule has 0 N–H and O–H groups in total. The normalized spacial score (nSPS) is 43.8. The van der Waals surface area contributed by atoms with Gasteiger partial charge >= 0.3 is 0 Å². The molecule has 4 rings (SSSR count). The maximum absolute atomic E-state index is 6.79. The fraction of sp³-hybridized carbons (Fsp3) is 0.824. The van der Waals surface area contributed by atoms with Crippen LogP contribution in [0.5, 0.6) is 0 Å². The minimum atomic E-state index is 0.209. The van der Waals surface area contributed by atoms with E-state index < -0.39 is 0 Å². The van der Waals surface area contributed by atoms with Gasteiger partial charge in [0.05, 0.1) is 38.1 Å². The maximum atomic E-state index is 6.79. The summed E-state index contributed by atoms with van der Waals surface area (Å²) in [6.45, 7) is 23.9. The molecule has 0 amide bonds. The molecule has 11 atom stereocenters. The van der Waals surface area contributed by atoms with E-state index in [1.54, 1.807) is 0 Å². The highest BCUT2D eigenvalue weighted by Crippen LogP contribution is 2.69. The van der Waals surface area contributed by atoms with Crippen molar-refractivity contribution in [2.24, 2.45) is 46.3 Å². The lowest BCUT2D eigenvalue weighted by Gasteiger charge is -2.64. The molecule has 0 radical (unpaired) electrons. The molecule has 0 aromatic rings. The fourth-order valence-corrected chi connectivity index (χ4v) is 9.94. The largest absolute Gasteiger partial charge is 0.374 e. The van der Waals surface area contributed by atoms with Gasteiger partial charge in [-0.05, 0) is 85.9 Å². The van der Waals surface area contributed by atoms with Gasteiger partial charge < -0.3 is 14.2 Å². The van der Waals surface area contributed by atoms with Gasteiger partial charge in [0.2, 0.25) is 0 Å². The van der Waals surface area contributed by atoms with E-state index in [0.717, 1.165) is 18.3 Å². The average Bonchev–Trinajstić information content (AvgIpc) is 3.26. The second-order valence-corrected chi connectivity index (χ2v) is 13.4. The zero-order chi connectivity index (χ0) is 26.6. The molecule has 0 aliphatic heterocycles. The van der Waals surface area contributed by atoms with E-state index >= 15 is 0 Å². The van der Waals surface area contributed by atoms with Crippen molar-refractivity contribution in [3.8, 4) is 0 Å². The smallest absolute Gasteiger partial charge is 0.0648 e. The summed E-state index contributed by atoms with van der Waals surface area (Å²) in [6.07, 6.45) is 19.3. The van der Waals surface area contributed by atoms with Crippen molar-refractivity contribution in [1.82, 2.24) is 0 Å². The summed E-state index contributed by atoms with van der Waals surface area (Å²) >= 11 is 0. The van der Waals surface area contributed by atoms with Crippen LogP contribution < -0.4 is 0 Å². The Balaban J connectivity index is 1.68. The van der Waals surface area contributed by atoms with Gasteiger partial charge in [0.25, 0.3) is 0 Å². The third-order valence-electron chi connectivity index (χ3n) is 11.7. The molecule has 4 saturated carbocycles. The van der Waals surface area contributed by atoms with Crippen LogP contribution >= 0.6 is 0 Å². The molecule has 0 aromatic carbocycles. The van der Waals surface area contributed by atoms with E-state index in [-0.39, 0.29) is 5.41 Å². The third kappa shape index (κ3) is 5.44. The zero-order valence-corrected chi connectivity index (χ0v) is 24.5. The molecule has 3 nitrogen and oxygen atoms in total. The van der Waals surface area contributed by atoms with Gasteiger partial charge in [0.15, 0.2) is 0 Å². The predicted molar refractivity (Wildman–Crippen MR) is 154 cm³/mol. The lowest BCUT2D eigenvalue weighted by molar-refractivity contribution is -0.223. The zero-order valence-electron chi connectivity index (χ0n) is 24.5. The van der Waals surface area contributed by atoms with Crippen LogP contribution in [0.15, 0.2) is 38.0 Å². The highest BCUT2D eigenvalue weighted by Gasteiger charge is 2.66. The fourth-order valence-electron chi connectivity index (χ4n) is 9.94. The summed E-state index contributed by atoms with van der Waals surface area (Å²) in [6, 6.07) is 0. The summed E-state index contributed by atoms with van der Waals surface area (Å²) in [4.78, 5) is 0. The molecule has 37 heavy (non-hydrogen) atoms. The van der Waals surface area contributed by atoms with Crippen LogP contribution in [0.1, 0.15) is 91.9 Å². The standard InChI is InChI=1S/C34H56O3/c1-8-12-13-24(5)27-14-15-28-32-29(23-31(34(27,28)7)37-20-11-4)33(6)17-16-26(35-18-9-2)21-25(33)22-30(32)36-19-10-3/h9-11,24-32H,2-4,8,12-23H2,1,5-7H3/t24-,25-,26+,27+,28-,29-,30+,31-,32-,33-,34+/m0/s1. The molecular formula is C34H56O3. The number of hydrogen-bond donors (Lipinski definition) is 0. The summed E-state index contributed by atoms with van der Waals surface area (Å²) in [7, 11) is 0. The lowest BCUT2D eigenvalue weighted by atomic mass is 9.43. The summed E-state index contributed by atoms with van der Waals surface area (Å²) in [5.41, 5.74) is 0.538. The lowest BCUT2D eigenvalue weighted by Crippen LogP contribution is -2.63. The molecule has 0 aromatic heterocycles. The van der Waals surface area contributed by atoms with E-state index in [9.17, 15) is 0 Å².